The van der Waals surface area contributed by atoms with Crippen LogP contribution in [0.1, 0.15) is 18.4 Å². The summed E-state index contributed by atoms with van der Waals surface area (Å²) in [5, 5.41) is 8.86. The first-order chi connectivity index (χ1) is 8.29. The fourth-order valence-corrected chi connectivity index (χ4v) is 2.05. The Kier molecular flexibility index (Phi) is 4.34. The molecule has 0 amide bonds. The average Bonchev–Trinajstić information content (AvgIpc) is 2.84. The predicted molar refractivity (Wildman–Crippen MR) is 63.5 cm³/mol. The van der Waals surface area contributed by atoms with Gasteiger partial charge in [0, 0.05) is 6.54 Å². The predicted octanol–water partition coefficient (Wildman–Crippen LogP) is 1.79. The molecule has 1 N–H and O–H groups in total. The molecule has 0 atom stereocenters. The van der Waals surface area contributed by atoms with Crippen molar-refractivity contribution in [2.75, 3.05) is 26.2 Å². The number of hydrogen-bond donors (Lipinski definition) is 1. The van der Waals surface area contributed by atoms with Crippen LogP contribution in [0.25, 0.3) is 0 Å². The molecule has 0 aromatic heterocycles. The highest BCUT2D eigenvalue weighted by molar-refractivity contribution is 5.28. The number of hydrogen-bond acceptors (Lipinski definition) is 3. The van der Waals surface area contributed by atoms with Gasteiger partial charge < -0.3 is 9.84 Å². The summed E-state index contributed by atoms with van der Waals surface area (Å²) in [5.41, 5.74) is 0.564. The maximum atomic E-state index is 13.5. The van der Waals surface area contributed by atoms with Crippen LogP contribution in [0.5, 0.6) is 5.75 Å². The van der Waals surface area contributed by atoms with Crippen LogP contribution in [0.4, 0.5) is 4.39 Å². The third-order valence-corrected chi connectivity index (χ3v) is 3.04. The molecule has 0 bridgehead atoms. The van der Waals surface area contributed by atoms with Crippen LogP contribution in [0.15, 0.2) is 18.2 Å². The number of benzene rings is 1. The van der Waals surface area contributed by atoms with Gasteiger partial charge in [0.1, 0.15) is 6.61 Å². The number of likely N-dealkylation sites (tertiary alicyclic amines) is 1. The summed E-state index contributed by atoms with van der Waals surface area (Å²) in [5.74, 6) is -0.139. The Morgan fingerprint density at radius 3 is 2.71 bits per heavy atom. The van der Waals surface area contributed by atoms with Gasteiger partial charge >= 0.3 is 0 Å². The quantitative estimate of drug-likeness (QED) is 0.850. The smallest absolute Gasteiger partial charge is 0.165 e. The van der Waals surface area contributed by atoms with Crippen molar-refractivity contribution in [1.29, 1.82) is 0 Å². The second-order valence-corrected chi connectivity index (χ2v) is 4.32. The molecule has 1 fully saturated rings. The molecule has 94 valence electrons. The molecule has 4 heteroatoms. The van der Waals surface area contributed by atoms with Gasteiger partial charge in [-0.05, 0) is 43.6 Å². The van der Waals surface area contributed by atoms with Gasteiger partial charge in [0.2, 0.25) is 0 Å². The van der Waals surface area contributed by atoms with Crippen LogP contribution in [-0.2, 0) is 6.61 Å². The van der Waals surface area contributed by atoms with Crippen molar-refractivity contribution in [3.8, 4) is 5.75 Å². The van der Waals surface area contributed by atoms with E-state index in [1.54, 1.807) is 12.1 Å². The van der Waals surface area contributed by atoms with Crippen molar-refractivity contribution in [2.45, 2.75) is 19.4 Å². The largest absolute Gasteiger partial charge is 0.489 e. The van der Waals surface area contributed by atoms with Crippen molar-refractivity contribution in [3.63, 3.8) is 0 Å². The van der Waals surface area contributed by atoms with Gasteiger partial charge in [-0.25, -0.2) is 4.39 Å². The summed E-state index contributed by atoms with van der Waals surface area (Å²) in [4.78, 5) is 2.32. The van der Waals surface area contributed by atoms with E-state index in [2.05, 4.69) is 4.90 Å². The van der Waals surface area contributed by atoms with Crippen molar-refractivity contribution in [2.24, 2.45) is 0 Å². The minimum Gasteiger partial charge on any atom is -0.489 e. The Hall–Kier alpha value is -1.13. The maximum Gasteiger partial charge on any atom is 0.165 e. The van der Waals surface area contributed by atoms with Crippen LogP contribution in [0, 0.1) is 5.82 Å². The van der Waals surface area contributed by atoms with Gasteiger partial charge in [0.15, 0.2) is 11.6 Å². The fraction of sp³-hybridized carbons (Fsp3) is 0.538. The van der Waals surface area contributed by atoms with Gasteiger partial charge in [0.25, 0.3) is 0 Å². The van der Waals surface area contributed by atoms with E-state index in [0.717, 1.165) is 19.6 Å². The Bertz CT molecular complexity index is 364. The summed E-state index contributed by atoms with van der Waals surface area (Å²) >= 11 is 0. The number of aliphatic hydroxyl groups is 1. The zero-order valence-corrected chi connectivity index (χ0v) is 9.86. The zero-order chi connectivity index (χ0) is 12.1. The average molecular weight is 239 g/mol. The number of aliphatic hydroxyl groups excluding tert-OH is 1. The summed E-state index contributed by atoms with van der Waals surface area (Å²) < 4.78 is 18.9. The van der Waals surface area contributed by atoms with Crippen LogP contribution in [-0.4, -0.2) is 36.2 Å². The van der Waals surface area contributed by atoms with Crippen LogP contribution < -0.4 is 4.74 Å². The molecular weight excluding hydrogens is 221 g/mol. The highest BCUT2D eigenvalue weighted by atomic mass is 19.1. The van der Waals surface area contributed by atoms with E-state index in [9.17, 15) is 4.39 Å². The molecule has 0 aliphatic carbocycles. The first-order valence-corrected chi connectivity index (χ1v) is 6.04. The summed E-state index contributed by atoms with van der Waals surface area (Å²) in [6.45, 7) is 3.45. The van der Waals surface area contributed by atoms with E-state index in [1.165, 1.54) is 18.9 Å². The molecule has 2 rings (SSSR count). The molecule has 0 spiro atoms. The first kappa shape index (κ1) is 12.3. The third-order valence-electron chi connectivity index (χ3n) is 3.04. The summed E-state index contributed by atoms with van der Waals surface area (Å²) in [7, 11) is 0. The molecule has 3 nitrogen and oxygen atoms in total. The third kappa shape index (κ3) is 3.41. The monoisotopic (exact) mass is 239 g/mol. The van der Waals surface area contributed by atoms with E-state index in [4.69, 9.17) is 9.84 Å². The molecule has 1 saturated heterocycles. The van der Waals surface area contributed by atoms with E-state index < -0.39 is 5.82 Å². The van der Waals surface area contributed by atoms with E-state index in [0.29, 0.717) is 12.2 Å². The normalized spacial score (nSPS) is 16.4. The molecule has 1 aliphatic heterocycles. The van der Waals surface area contributed by atoms with Crippen molar-refractivity contribution < 1.29 is 14.2 Å². The van der Waals surface area contributed by atoms with Crippen LogP contribution >= 0.6 is 0 Å². The molecule has 0 saturated carbocycles. The standard InChI is InChI=1S/C13H18FNO2/c14-12-9-11(10-16)3-4-13(12)17-8-7-15-5-1-2-6-15/h3-4,9,16H,1-2,5-8,10H2. The second-order valence-electron chi connectivity index (χ2n) is 4.32. The summed E-state index contributed by atoms with van der Waals surface area (Å²) in [6.07, 6.45) is 2.50. The van der Waals surface area contributed by atoms with E-state index >= 15 is 0 Å². The highest BCUT2D eigenvalue weighted by Crippen LogP contribution is 2.18. The maximum absolute atomic E-state index is 13.5. The van der Waals surface area contributed by atoms with Crippen LogP contribution in [0.2, 0.25) is 0 Å². The lowest BCUT2D eigenvalue weighted by molar-refractivity contribution is 0.230. The lowest BCUT2D eigenvalue weighted by atomic mass is 10.2. The molecular formula is C13H18FNO2. The van der Waals surface area contributed by atoms with Gasteiger partial charge in [-0.15, -0.1) is 0 Å². The molecule has 0 radical (unpaired) electrons. The number of ether oxygens (including phenoxy) is 1. The fourth-order valence-electron chi connectivity index (χ4n) is 2.05. The minimum absolute atomic E-state index is 0.148. The molecule has 17 heavy (non-hydrogen) atoms. The summed E-state index contributed by atoms with van der Waals surface area (Å²) in [6, 6.07) is 4.56. The molecule has 0 unspecified atom stereocenters. The van der Waals surface area contributed by atoms with Crippen molar-refractivity contribution in [1.82, 2.24) is 4.90 Å². The number of nitrogens with zero attached hydrogens (tertiary/aromatic N) is 1. The van der Waals surface area contributed by atoms with Gasteiger partial charge in [-0.2, -0.15) is 0 Å². The molecule has 1 aromatic carbocycles. The van der Waals surface area contributed by atoms with Crippen molar-refractivity contribution >= 4 is 0 Å². The van der Waals surface area contributed by atoms with Crippen LogP contribution in [0.3, 0.4) is 0 Å². The lowest BCUT2D eigenvalue weighted by Gasteiger charge is -2.15. The molecule has 1 aromatic rings. The van der Waals surface area contributed by atoms with Gasteiger partial charge in [0.05, 0.1) is 6.61 Å². The van der Waals surface area contributed by atoms with Crippen molar-refractivity contribution in [3.05, 3.63) is 29.6 Å². The highest BCUT2D eigenvalue weighted by Gasteiger charge is 2.11. The topological polar surface area (TPSA) is 32.7 Å². The Morgan fingerprint density at radius 1 is 1.29 bits per heavy atom. The minimum atomic E-state index is -0.405. The number of rotatable bonds is 5. The first-order valence-electron chi connectivity index (χ1n) is 6.04. The Balaban J connectivity index is 1.81. The second kappa shape index (κ2) is 5.98. The Labute approximate surface area is 101 Å². The SMILES string of the molecule is OCc1ccc(OCCN2CCCC2)c(F)c1. The van der Waals surface area contributed by atoms with Gasteiger partial charge in [-0.1, -0.05) is 6.07 Å². The lowest BCUT2D eigenvalue weighted by Crippen LogP contribution is -2.25. The zero-order valence-electron chi connectivity index (χ0n) is 9.86. The van der Waals surface area contributed by atoms with E-state index in [1.807, 2.05) is 0 Å². The van der Waals surface area contributed by atoms with E-state index in [-0.39, 0.29) is 12.4 Å². The van der Waals surface area contributed by atoms with Gasteiger partial charge in [-0.3, -0.25) is 4.90 Å². The Morgan fingerprint density at radius 2 is 2.06 bits per heavy atom. The molecule has 1 aliphatic rings. The number of halogens is 1. The molecule has 1 heterocycles.